The molecule has 1 rings (SSSR count). The molecule has 0 radical (unpaired) electrons. The normalized spacial score (nSPS) is 12.9. The van der Waals surface area contributed by atoms with Crippen LogP contribution in [-0.4, -0.2) is 170 Å². The van der Waals surface area contributed by atoms with E-state index in [4.69, 9.17) is 28.4 Å². The Morgan fingerprint density at radius 3 is 0.596 bits per heavy atom. The highest BCUT2D eigenvalue weighted by atomic mass is 16.6. The molecule has 6 unspecified atom stereocenters. The lowest BCUT2D eigenvalue weighted by Crippen LogP contribution is -2.31. The predicted molar refractivity (Wildman–Crippen MR) is 588 cm³/mol. The number of amides is 3. The van der Waals surface area contributed by atoms with E-state index in [0.29, 0.717) is 74.8 Å². The van der Waals surface area contributed by atoms with Gasteiger partial charge in [-0.2, -0.15) is 0 Å². The lowest BCUT2D eigenvalue weighted by atomic mass is 10.1. The molecule has 3 amide bonds. The van der Waals surface area contributed by atoms with Crippen LogP contribution in [0.25, 0.3) is 0 Å². The van der Waals surface area contributed by atoms with Crippen molar-refractivity contribution < 1.29 is 71.6 Å². The third kappa shape index (κ3) is 82.0. The number of anilines is 2. The second-order valence-electron chi connectivity index (χ2n) is 41.6. The van der Waals surface area contributed by atoms with Crippen LogP contribution in [0.5, 0.6) is 0 Å². The molecule has 21 nitrogen and oxygen atoms in total. The van der Waals surface area contributed by atoms with Crippen molar-refractivity contribution in [2.24, 2.45) is 0 Å². The Hall–Kier alpha value is -5.67. The number of hydrogen-bond acceptors (Lipinski definition) is 18. The van der Waals surface area contributed by atoms with Crippen LogP contribution < -0.4 is 16.0 Å². The number of ether oxygens (including phenoxy) is 6. The molecule has 0 bridgehead atoms. The van der Waals surface area contributed by atoms with E-state index >= 15 is 0 Å². The lowest BCUT2D eigenvalue weighted by Gasteiger charge is -2.23. The van der Waals surface area contributed by atoms with Gasteiger partial charge in [-0.05, 0) is 289 Å². The van der Waals surface area contributed by atoms with E-state index in [0.717, 1.165) is 476 Å². The van der Waals surface area contributed by atoms with Crippen LogP contribution in [0.15, 0.2) is 18.2 Å². The molecule has 822 valence electrons. The molecular formula is C120H222N6O15. The number of rotatable bonds is 105. The van der Waals surface area contributed by atoms with Crippen LogP contribution in [0.4, 0.5) is 11.4 Å². The van der Waals surface area contributed by atoms with Crippen molar-refractivity contribution in [3.8, 4) is 0 Å². The Bertz CT molecular complexity index is 2860. The number of nitrogens with zero attached hydrogens (tertiary/aromatic N) is 3. The standard InChI is InChI=1S/C120H222N6O15/c1-13-25-55-76-106(19-7)136-114(129)84-61-43-31-37-49-67-91-124(92-68-50-38-32-44-62-85-115(130)137-107(20-8)77-56-26-14-2)97-73-82-112(127)122-104-100-103(120(135)121-90-75-99-126(95-71-53-41-35-47-65-88-118(133)140-110(23-11)80-59-29-17-5)96-72-54-42-36-48-66-89-119(134)141-111(24-12)81-60-30-18-6)101-105(102-104)123-113(128)83-74-98-125(93-69-51-39-33-45-63-86-116(131)138-108(21-9)78-57-27-15-3)94-70-52-40-34-46-64-87-117(132)139-109(22-10)79-58-28-16-4/h100-102,106-111H,13-99H2,1-12H3,(H,121,135)(H,122,127)(H,123,128). The Morgan fingerprint density at radius 1 is 0.213 bits per heavy atom. The number of hydrogen-bond donors (Lipinski definition) is 3. The van der Waals surface area contributed by atoms with Gasteiger partial charge in [0, 0.05) is 74.8 Å². The molecular weight excluding hydrogens is 1770 g/mol. The highest BCUT2D eigenvalue weighted by Gasteiger charge is 2.22. The molecule has 141 heavy (non-hydrogen) atoms. The molecule has 0 saturated carbocycles. The smallest absolute Gasteiger partial charge is 0.306 e. The Morgan fingerprint density at radius 2 is 0.397 bits per heavy atom. The highest BCUT2D eigenvalue weighted by molar-refractivity contribution is 6.00. The van der Waals surface area contributed by atoms with E-state index in [1.807, 2.05) is 0 Å². The molecule has 0 fully saturated rings. The van der Waals surface area contributed by atoms with Crippen molar-refractivity contribution in [2.75, 3.05) is 76.1 Å². The van der Waals surface area contributed by atoms with Crippen molar-refractivity contribution in [3.63, 3.8) is 0 Å². The number of esters is 6. The van der Waals surface area contributed by atoms with Crippen molar-refractivity contribution in [1.29, 1.82) is 0 Å². The monoisotopic (exact) mass is 1990 g/mol. The van der Waals surface area contributed by atoms with Crippen LogP contribution in [0, 0.1) is 0 Å². The topological polar surface area (TPSA) is 255 Å². The second-order valence-corrected chi connectivity index (χ2v) is 41.6. The van der Waals surface area contributed by atoms with Gasteiger partial charge in [-0.25, -0.2) is 0 Å². The van der Waals surface area contributed by atoms with Crippen LogP contribution in [-0.2, 0) is 66.8 Å². The fraction of sp³-hybridized carbons (Fsp3) is 0.875. The largest absolute Gasteiger partial charge is 0.462 e. The molecule has 6 atom stereocenters. The van der Waals surface area contributed by atoms with Crippen LogP contribution in [0.2, 0.25) is 0 Å². The molecule has 1 aromatic carbocycles. The van der Waals surface area contributed by atoms with Gasteiger partial charge in [0.15, 0.2) is 0 Å². The van der Waals surface area contributed by atoms with E-state index in [2.05, 4.69) is 114 Å². The minimum Gasteiger partial charge on any atom is -0.462 e. The van der Waals surface area contributed by atoms with E-state index in [-0.39, 0.29) is 103 Å². The van der Waals surface area contributed by atoms with Gasteiger partial charge in [-0.3, -0.25) is 43.2 Å². The summed E-state index contributed by atoms with van der Waals surface area (Å²) in [4.78, 5) is 127. The summed E-state index contributed by atoms with van der Waals surface area (Å²) in [5.41, 5.74) is 1.26. The Kier molecular flexibility index (Phi) is 92.4. The minimum absolute atomic E-state index is 0.0215. The second kappa shape index (κ2) is 97.7. The third-order valence-corrected chi connectivity index (χ3v) is 28.4. The van der Waals surface area contributed by atoms with Gasteiger partial charge in [0.05, 0.1) is 0 Å². The highest BCUT2D eigenvalue weighted by Crippen LogP contribution is 2.26. The zero-order valence-corrected chi connectivity index (χ0v) is 93.7. The average Bonchev–Trinajstić information content (AvgIpc) is 0.839. The van der Waals surface area contributed by atoms with Gasteiger partial charge in [0.1, 0.15) is 36.6 Å². The summed E-state index contributed by atoms with van der Waals surface area (Å²) < 4.78 is 35.1. The lowest BCUT2D eigenvalue weighted by molar-refractivity contribution is -0.150. The molecule has 0 aliphatic heterocycles. The molecule has 0 aliphatic rings. The Balaban J connectivity index is 3.52. The van der Waals surface area contributed by atoms with E-state index in [1.54, 1.807) is 18.2 Å². The minimum atomic E-state index is -0.275. The number of nitrogens with one attached hydrogen (secondary N) is 3. The summed E-state index contributed by atoms with van der Waals surface area (Å²) in [7, 11) is 0. The zero-order chi connectivity index (χ0) is 103. The van der Waals surface area contributed by atoms with Gasteiger partial charge in [-0.15, -0.1) is 0 Å². The van der Waals surface area contributed by atoms with E-state index in [9.17, 15) is 43.2 Å². The van der Waals surface area contributed by atoms with E-state index in [1.165, 1.54) is 12.8 Å². The first-order chi connectivity index (χ1) is 68.7. The number of carbonyl (C=O) groups excluding carboxylic acids is 9. The maximum absolute atomic E-state index is 14.6. The van der Waals surface area contributed by atoms with Gasteiger partial charge in [0.25, 0.3) is 5.91 Å². The van der Waals surface area contributed by atoms with Gasteiger partial charge in [0.2, 0.25) is 11.8 Å². The van der Waals surface area contributed by atoms with E-state index < -0.39 is 0 Å². The molecule has 0 saturated heterocycles. The first-order valence-corrected chi connectivity index (χ1v) is 60.1. The SMILES string of the molecule is CCCCCC(CC)OC(=O)CCCCCCCCN(CCCCCCCCC(=O)OC(CC)CCCCC)CCCNC(=O)c1cc(NC(=O)CCCN(CCCCCCCCC(=O)OC(CC)CCCCC)CCCCCCCCC(=O)OC(CC)CCCCC)cc(NC(=O)CCCN(CCCCCCCCC(=O)OC(CC)CCCCC)CCCCCCCCC(=O)OC(CC)CCCCC)c1. The number of benzene rings is 1. The fourth-order valence-corrected chi connectivity index (χ4v) is 19.0. The van der Waals surface area contributed by atoms with Gasteiger partial charge >= 0.3 is 35.8 Å². The molecule has 3 N–H and O–H groups in total. The zero-order valence-electron chi connectivity index (χ0n) is 93.7. The third-order valence-electron chi connectivity index (χ3n) is 28.4. The first kappa shape index (κ1) is 133. The predicted octanol–water partition coefficient (Wildman–Crippen LogP) is 31.9. The fourth-order valence-electron chi connectivity index (χ4n) is 19.0. The summed E-state index contributed by atoms with van der Waals surface area (Å²) >= 11 is 0. The van der Waals surface area contributed by atoms with Gasteiger partial charge in [-0.1, -0.05) is 314 Å². The number of unbranched alkanes of at least 4 members (excludes halogenated alkanes) is 42. The molecule has 1 aromatic rings. The molecule has 0 aliphatic carbocycles. The summed E-state index contributed by atoms with van der Waals surface area (Å²) in [5, 5.41) is 9.58. The van der Waals surface area contributed by atoms with Crippen molar-refractivity contribution >= 4 is 64.9 Å². The van der Waals surface area contributed by atoms with Crippen molar-refractivity contribution in [2.45, 2.75) is 614 Å². The van der Waals surface area contributed by atoms with Crippen molar-refractivity contribution in [3.05, 3.63) is 23.8 Å². The molecule has 0 spiro atoms. The summed E-state index contributed by atoms with van der Waals surface area (Å²) in [5.74, 6) is -0.977. The average molecular weight is 1990 g/mol. The molecule has 21 heteroatoms. The maximum Gasteiger partial charge on any atom is 0.306 e. The van der Waals surface area contributed by atoms with Crippen LogP contribution in [0.1, 0.15) is 588 Å². The number of carbonyl (C=O) groups is 9. The van der Waals surface area contributed by atoms with Crippen LogP contribution >= 0.6 is 0 Å². The Labute approximate surface area is 865 Å². The van der Waals surface area contributed by atoms with Crippen molar-refractivity contribution in [1.82, 2.24) is 20.0 Å². The van der Waals surface area contributed by atoms with Crippen LogP contribution in [0.3, 0.4) is 0 Å². The maximum atomic E-state index is 14.6. The molecule has 0 aromatic heterocycles. The van der Waals surface area contributed by atoms with Gasteiger partial charge < -0.3 is 59.1 Å². The molecule has 0 heterocycles. The summed E-state index contributed by atoms with van der Waals surface area (Å²) in [6, 6.07) is 5.26. The quantitative estimate of drug-likeness (QED) is 0.0311. The summed E-state index contributed by atoms with van der Waals surface area (Å²) in [6.07, 6.45) is 74.1. The first-order valence-electron chi connectivity index (χ1n) is 60.1. The summed E-state index contributed by atoms with van der Waals surface area (Å²) in [6.45, 7) is 34.3.